The minimum atomic E-state index is -0.187. The van der Waals surface area contributed by atoms with Crippen molar-refractivity contribution in [3.05, 3.63) is 24.1 Å². The SMILES string of the molecule is NCc1nnc(-c2ccc3c(c2)NC(=O)CO3)o1. The molecule has 1 aromatic carbocycles. The summed E-state index contributed by atoms with van der Waals surface area (Å²) in [5, 5.41) is 10.4. The molecule has 0 unspecified atom stereocenters. The summed E-state index contributed by atoms with van der Waals surface area (Å²) in [6.45, 7) is 0.224. The first-order valence-corrected chi connectivity index (χ1v) is 5.36. The molecule has 0 aliphatic carbocycles. The molecule has 1 aliphatic heterocycles. The molecule has 1 aromatic heterocycles. The van der Waals surface area contributed by atoms with Crippen molar-refractivity contribution in [2.45, 2.75) is 6.54 Å². The summed E-state index contributed by atoms with van der Waals surface area (Å²) in [5.74, 6) is 1.16. The topological polar surface area (TPSA) is 103 Å². The Kier molecular flexibility index (Phi) is 2.45. The fraction of sp³-hybridized carbons (Fsp3) is 0.182. The second-order valence-corrected chi connectivity index (χ2v) is 3.75. The first-order chi connectivity index (χ1) is 8.76. The van der Waals surface area contributed by atoms with Crippen molar-refractivity contribution in [1.82, 2.24) is 10.2 Å². The molecule has 0 bridgehead atoms. The Morgan fingerprint density at radius 2 is 2.28 bits per heavy atom. The number of ether oxygens (including phenoxy) is 1. The average molecular weight is 246 g/mol. The standard InChI is InChI=1S/C11H10N4O3/c12-4-10-14-15-11(18-10)6-1-2-8-7(3-6)13-9(16)5-17-8/h1-3H,4-5,12H2,(H,13,16). The lowest BCUT2D eigenvalue weighted by atomic mass is 10.1. The molecule has 7 nitrogen and oxygen atoms in total. The van der Waals surface area contributed by atoms with Crippen LogP contribution in [-0.4, -0.2) is 22.7 Å². The molecule has 0 saturated carbocycles. The van der Waals surface area contributed by atoms with Crippen LogP contribution in [0.25, 0.3) is 11.5 Å². The third-order valence-electron chi connectivity index (χ3n) is 2.50. The molecular formula is C11H10N4O3. The van der Waals surface area contributed by atoms with E-state index in [2.05, 4.69) is 15.5 Å². The summed E-state index contributed by atoms with van der Waals surface area (Å²) in [7, 11) is 0. The van der Waals surface area contributed by atoms with Gasteiger partial charge in [-0.2, -0.15) is 0 Å². The number of hydrogen-bond acceptors (Lipinski definition) is 6. The average Bonchev–Trinajstić information content (AvgIpc) is 2.86. The highest BCUT2D eigenvalue weighted by Crippen LogP contribution is 2.32. The van der Waals surface area contributed by atoms with Gasteiger partial charge in [-0.05, 0) is 18.2 Å². The van der Waals surface area contributed by atoms with Crippen molar-refractivity contribution in [2.24, 2.45) is 5.73 Å². The van der Waals surface area contributed by atoms with Crippen molar-refractivity contribution in [1.29, 1.82) is 0 Å². The number of rotatable bonds is 2. The van der Waals surface area contributed by atoms with Gasteiger partial charge in [-0.15, -0.1) is 10.2 Å². The van der Waals surface area contributed by atoms with Gasteiger partial charge < -0.3 is 20.2 Å². The van der Waals surface area contributed by atoms with Gasteiger partial charge in [-0.1, -0.05) is 0 Å². The van der Waals surface area contributed by atoms with Crippen molar-refractivity contribution in [3.63, 3.8) is 0 Å². The molecule has 92 valence electrons. The lowest BCUT2D eigenvalue weighted by molar-refractivity contribution is -0.118. The molecule has 7 heteroatoms. The Hall–Kier alpha value is -2.41. The van der Waals surface area contributed by atoms with E-state index < -0.39 is 0 Å². The summed E-state index contributed by atoms with van der Waals surface area (Å²) in [6.07, 6.45) is 0. The van der Waals surface area contributed by atoms with E-state index in [0.29, 0.717) is 28.8 Å². The number of benzene rings is 1. The predicted octanol–water partition coefficient (Wildman–Crippen LogP) is 0.526. The molecule has 3 rings (SSSR count). The lowest BCUT2D eigenvalue weighted by Gasteiger charge is -2.17. The van der Waals surface area contributed by atoms with E-state index in [0.717, 1.165) is 0 Å². The quantitative estimate of drug-likeness (QED) is 0.800. The molecule has 18 heavy (non-hydrogen) atoms. The van der Waals surface area contributed by atoms with Crippen molar-refractivity contribution >= 4 is 11.6 Å². The fourth-order valence-corrected chi connectivity index (χ4v) is 1.67. The first-order valence-electron chi connectivity index (χ1n) is 5.36. The van der Waals surface area contributed by atoms with Gasteiger partial charge in [0.05, 0.1) is 12.2 Å². The summed E-state index contributed by atoms with van der Waals surface area (Å²) in [5.41, 5.74) is 6.69. The van der Waals surface area contributed by atoms with E-state index in [1.165, 1.54) is 0 Å². The Balaban J connectivity index is 1.98. The van der Waals surface area contributed by atoms with E-state index in [-0.39, 0.29) is 19.1 Å². The van der Waals surface area contributed by atoms with E-state index in [4.69, 9.17) is 14.9 Å². The van der Waals surface area contributed by atoms with Crippen LogP contribution in [0, 0.1) is 0 Å². The third kappa shape index (κ3) is 1.80. The van der Waals surface area contributed by atoms with Crippen LogP contribution in [0.15, 0.2) is 22.6 Å². The molecule has 1 amide bonds. The van der Waals surface area contributed by atoms with Gasteiger partial charge in [0.2, 0.25) is 11.8 Å². The minimum absolute atomic E-state index is 0.0320. The van der Waals surface area contributed by atoms with Gasteiger partial charge in [-0.25, -0.2) is 0 Å². The maximum atomic E-state index is 11.2. The van der Waals surface area contributed by atoms with Crippen LogP contribution in [-0.2, 0) is 11.3 Å². The summed E-state index contributed by atoms with van der Waals surface area (Å²) >= 11 is 0. The number of carbonyl (C=O) groups excluding carboxylic acids is 1. The zero-order valence-electron chi connectivity index (χ0n) is 9.34. The molecule has 2 heterocycles. The lowest BCUT2D eigenvalue weighted by Crippen LogP contribution is -2.25. The van der Waals surface area contributed by atoms with Crippen molar-refractivity contribution < 1.29 is 13.9 Å². The van der Waals surface area contributed by atoms with E-state index in [9.17, 15) is 4.79 Å². The number of fused-ring (bicyclic) bond motifs is 1. The van der Waals surface area contributed by atoms with Crippen LogP contribution < -0.4 is 15.8 Å². The molecule has 0 fully saturated rings. The highest BCUT2D eigenvalue weighted by Gasteiger charge is 2.17. The zero-order valence-corrected chi connectivity index (χ0v) is 9.34. The van der Waals surface area contributed by atoms with Crippen LogP contribution >= 0.6 is 0 Å². The molecular weight excluding hydrogens is 236 g/mol. The van der Waals surface area contributed by atoms with E-state index >= 15 is 0 Å². The predicted molar refractivity (Wildman–Crippen MR) is 61.8 cm³/mol. The Bertz CT molecular complexity index is 608. The first kappa shape index (κ1) is 10.7. The van der Waals surface area contributed by atoms with Gasteiger partial charge >= 0.3 is 0 Å². The van der Waals surface area contributed by atoms with Crippen molar-refractivity contribution in [2.75, 3.05) is 11.9 Å². The van der Waals surface area contributed by atoms with E-state index in [1.807, 2.05) is 0 Å². The third-order valence-corrected chi connectivity index (χ3v) is 2.50. The Morgan fingerprint density at radius 3 is 3.06 bits per heavy atom. The number of nitrogens with two attached hydrogens (primary N) is 1. The normalized spacial score (nSPS) is 13.7. The van der Waals surface area contributed by atoms with Gasteiger partial charge in [0.1, 0.15) is 5.75 Å². The van der Waals surface area contributed by atoms with Crippen molar-refractivity contribution in [3.8, 4) is 17.2 Å². The number of amides is 1. The monoisotopic (exact) mass is 246 g/mol. The molecule has 0 spiro atoms. The highest BCUT2D eigenvalue weighted by atomic mass is 16.5. The Labute approximate surface area is 102 Å². The minimum Gasteiger partial charge on any atom is -0.482 e. The molecule has 0 radical (unpaired) electrons. The molecule has 3 N–H and O–H groups in total. The van der Waals surface area contributed by atoms with Crippen LogP contribution in [0.3, 0.4) is 0 Å². The maximum absolute atomic E-state index is 11.2. The molecule has 0 saturated heterocycles. The number of nitrogens with one attached hydrogen (secondary N) is 1. The smallest absolute Gasteiger partial charge is 0.262 e. The fourth-order valence-electron chi connectivity index (χ4n) is 1.67. The Morgan fingerprint density at radius 1 is 1.39 bits per heavy atom. The van der Waals surface area contributed by atoms with Crippen LogP contribution in [0.4, 0.5) is 5.69 Å². The van der Waals surface area contributed by atoms with Gasteiger partial charge in [0.25, 0.3) is 5.91 Å². The van der Waals surface area contributed by atoms with Gasteiger partial charge in [-0.3, -0.25) is 4.79 Å². The van der Waals surface area contributed by atoms with Crippen LogP contribution in [0.2, 0.25) is 0 Å². The summed E-state index contributed by atoms with van der Waals surface area (Å²) in [6, 6.07) is 5.25. The maximum Gasteiger partial charge on any atom is 0.262 e. The number of carbonyl (C=O) groups is 1. The largest absolute Gasteiger partial charge is 0.482 e. The summed E-state index contributed by atoms with van der Waals surface area (Å²) < 4.78 is 10.6. The van der Waals surface area contributed by atoms with E-state index in [1.54, 1.807) is 18.2 Å². The molecule has 0 atom stereocenters. The number of aromatic nitrogens is 2. The van der Waals surface area contributed by atoms with Gasteiger partial charge in [0, 0.05) is 5.56 Å². The second kappa shape index (κ2) is 4.11. The number of anilines is 1. The number of nitrogens with zero attached hydrogens (tertiary/aromatic N) is 2. The highest BCUT2D eigenvalue weighted by molar-refractivity contribution is 5.96. The molecule has 2 aromatic rings. The summed E-state index contributed by atoms with van der Waals surface area (Å²) in [4.78, 5) is 11.2. The van der Waals surface area contributed by atoms with Crippen LogP contribution in [0.1, 0.15) is 5.89 Å². The second-order valence-electron chi connectivity index (χ2n) is 3.75. The van der Waals surface area contributed by atoms with Crippen LogP contribution in [0.5, 0.6) is 5.75 Å². The zero-order chi connectivity index (χ0) is 12.5. The van der Waals surface area contributed by atoms with Gasteiger partial charge in [0.15, 0.2) is 6.61 Å². The number of hydrogen-bond donors (Lipinski definition) is 2. The molecule has 1 aliphatic rings.